The summed E-state index contributed by atoms with van der Waals surface area (Å²) in [5, 5.41) is 0. The minimum absolute atomic E-state index is 0.00324. The third-order valence-corrected chi connectivity index (χ3v) is 4.02. The lowest BCUT2D eigenvalue weighted by Gasteiger charge is -2.15. The molecule has 0 unspecified atom stereocenters. The first-order valence-electron chi connectivity index (χ1n) is 5.97. The van der Waals surface area contributed by atoms with Crippen LogP contribution < -0.4 is 0 Å². The molecule has 0 atom stereocenters. The highest BCUT2D eigenvalue weighted by molar-refractivity contribution is 14.1. The quantitative estimate of drug-likeness (QED) is 0.649. The van der Waals surface area contributed by atoms with E-state index in [-0.39, 0.29) is 11.7 Å². The van der Waals surface area contributed by atoms with Gasteiger partial charge < -0.3 is 9.97 Å². The molecule has 1 aromatic carbocycles. The Morgan fingerprint density at radius 1 is 0.947 bits per heavy atom. The maximum Gasteiger partial charge on any atom is 0.136 e. The summed E-state index contributed by atoms with van der Waals surface area (Å²) in [6.45, 7) is 0. The molecule has 4 heteroatoms. The highest BCUT2D eigenvalue weighted by atomic mass is 127. The Labute approximate surface area is 124 Å². The lowest BCUT2D eigenvalue weighted by Crippen LogP contribution is -2.05. The Morgan fingerprint density at radius 2 is 1.58 bits per heavy atom. The van der Waals surface area contributed by atoms with Crippen LogP contribution in [0.5, 0.6) is 0 Å². The molecule has 0 amide bonds. The summed E-state index contributed by atoms with van der Waals surface area (Å²) in [5.74, 6) is -0.183. The predicted octanol–water partition coefficient (Wildman–Crippen LogP) is 4.27. The van der Waals surface area contributed by atoms with Gasteiger partial charge in [0.05, 0.1) is 5.92 Å². The molecule has 2 aromatic heterocycles. The first-order chi connectivity index (χ1) is 9.25. The minimum Gasteiger partial charge on any atom is -0.364 e. The van der Waals surface area contributed by atoms with Crippen LogP contribution in [-0.2, 0) is 0 Å². The normalized spacial score (nSPS) is 11.1. The number of H-pyrrole nitrogens is 2. The highest BCUT2D eigenvalue weighted by Gasteiger charge is 2.19. The molecular weight excluding hydrogens is 354 g/mol. The van der Waals surface area contributed by atoms with Crippen molar-refractivity contribution in [3.05, 3.63) is 81.2 Å². The molecule has 0 spiro atoms. The first kappa shape index (κ1) is 12.5. The second kappa shape index (κ2) is 5.21. The van der Waals surface area contributed by atoms with Gasteiger partial charge in [-0.1, -0.05) is 6.07 Å². The molecule has 19 heavy (non-hydrogen) atoms. The molecule has 0 fully saturated rings. The molecule has 2 N–H and O–H groups in total. The van der Waals surface area contributed by atoms with Gasteiger partial charge in [0, 0.05) is 27.4 Å². The van der Waals surface area contributed by atoms with Gasteiger partial charge in [-0.2, -0.15) is 0 Å². The third-order valence-electron chi connectivity index (χ3n) is 3.14. The maximum atomic E-state index is 13.8. The molecule has 0 aliphatic rings. The van der Waals surface area contributed by atoms with Crippen LogP contribution in [0.15, 0.2) is 54.9 Å². The summed E-state index contributed by atoms with van der Waals surface area (Å²) >= 11 is 2.00. The second-order valence-electron chi connectivity index (χ2n) is 4.36. The molecule has 3 rings (SSSR count). The van der Waals surface area contributed by atoms with E-state index in [2.05, 4.69) is 9.97 Å². The largest absolute Gasteiger partial charge is 0.364 e. The van der Waals surface area contributed by atoms with Crippen LogP contribution in [0, 0.1) is 9.39 Å². The smallest absolute Gasteiger partial charge is 0.136 e. The number of rotatable bonds is 3. The lowest BCUT2D eigenvalue weighted by atomic mass is 9.92. The monoisotopic (exact) mass is 366 g/mol. The molecule has 0 saturated carbocycles. The second-order valence-corrected chi connectivity index (χ2v) is 5.52. The zero-order valence-corrected chi connectivity index (χ0v) is 12.2. The summed E-state index contributed by atoms with van der Waals surface area (Å²) < 4.78 is 14.4. The van der Waals surface area contributed by atoms with E-state index in [9.17, 15) is 4.39 Å². The molecular formula is C15H12FIN2. The van der Waals surface area contributed by atoms with Crippen LogP contribution in [0.25, 0.3) is 0 Å². The van der Waals surface area contributed by atoms with Gasteiger partial charge in [-0.15, -0.1) is 0 Å². The van der Waals surface area contributed by atoms with Crippen LogP contribution in [0.4, 0.5) is 4.39 Å². The Hall–Kier alpha value is -1.56. The number of benzene rings is 1. The van der Waals surface area contributed by atoms with Crippen molar-refractivity contribution in [2.24, 2.45) is 0 Å². The maximum absolute atomic E-state index is 13.8. The molecule has 0 aliphatic carbocycles. The minimum atomic E-state index is -0.179. The summed E-state index contributed by atoms with van der Waals surface area (Å²) in [6.07, 6.45) is 3.77. The summed E-state index contributed by atoms with van der Waals surface area (Å²) in [6, 6.07) is 13.3. The van der Waals surface area contributed by atoms with Gasteiger partial charge >= 0.3 is 0 Å². The molecule has 0 radical (unpaired) electrons. The van der Waals surface area contributed by atoms with Crippen LogP contribution in [0.3, 0.4) is 0 Å². The standard InChI is InChI=1S/C15H12FIN2/c16-11-9-10(5-6-12(11)17)15(13-3-1-7-18-13)14-4-2-8-19-14/h1-9,15,18-19H. The third kappa shape index (κ3) is 2.45. The van der Waals surface area contributed by atoms with Gasteiger partial charge in [0.2, 0.25) is 0 Å². The Morgan fingerprint density at radius 3 is 2.05 bits per heavy atom. The van der Waals surface area contributed by atoms with E-state index in [1.54, 1.807) is 6.07 Å². The van der Waals surface area contributed by atoms with Gasteiger partial charge in [0.15, 0.2) is 0 Å². The molecule has 0 aliphatic heterocycles. The van der Waals surface area contributed by atoms with E-state index in [1.165, 1.54) is 0 Å². The zero-order chi connectivity index (χ0) is 13.2. The van der Waals surface area contributed by atoms with Crippen molar-refractivity contribution in [2.45, 2.75) is 5.92 Å². The Balaban J connectivity index is 2.12. The fraction of sp³-hybridized carbons (Fsp3) is 0.0667. The highest BCUT2D eigenvalue weighted by Crippen LogP contribution is 2.30. The fourth-order valence-corrected chi connectivity index (χ4v) is 2.60. The SMILES string of the molecule is Fc1cc(C(c2ccc[nH]2)c2ccc[nH]2)ccc1I. The van der Waals surface area contributed by atoms with Crippen LogP contribution >= 0.6 is 22.6 Å². The van der Waals surface area contributed by atoms with Crippen molar-refractivity contribution in [1.29, 1.82) is 0 Å². The van der Waals surface area contributed by atoms with Crippen molar-refractivity contribution in [3.8, 4) is 0 Å². The van der Waals surface area contributed by atoms with E-state index in [4.69, 9.17) is 0 Å². The van der Waals surface area contributed by atoms with Crippen LogP contribution in [0.2, 0.25) is 0 Å². The van der Waals surface area contributed by atoms with Crippen molar-refractivity contribution < 1.29 is 4.39 Å². The molecule has 0 saturated heterocycles. The van der Waals surface area contributed by atoms with Crippen LogP contribution in [-0.4, -0.2) is 9.97 Å². The fourth-order valence-electron chi connectivity index (χ4n) is 2.27. The van der Waals surface area contributed by atoms with Gasteiger partial charge in [-0.3, -0.25) is 0 Å². The van der Waals surface area contributed by atoms with Gasteiger partial charge in [-0.25, -0.2) is 4.39 Å². The summed E-state index contributed by atoms with van der Waals surface area (Å²) in [5.41, 5.74) is 3.02. The predicted molar refractivity (Wildman–Crippen MR) is 81.6 cm³/mol. The van der Waals surface area contributed by atoms with Crippen molar-refractivity contribution in [2.75, 3.05) is 0 Å². The molecule has 2 heterocycles. The van der Waals surface area contributed by atoms with E-state index in [0.717, 1.165) is 17.0 Å². The topological polar surface area (TPSA) is 31.6 Å². The number of aromatic amines is 2. The van der Waals surface area contributed by atoms with E-state index < -0.39 is 0 Å². The lowest BCUT2D eigenvalue weighted by molar-refractivity contribution is 0.617. The summed E-state index contributed by atoms with van der Waals surface area (Å²) in [4.78, 5) is 6.43. The number of halogens is 2. The van der Waals surface area contributed by atoms with Crippen LogP contribution in [0.1, 0.15) is 22.9 Å². The number of aromatic nitrogens is 2. The average molecular weight is 366 g/mol. The number of hydrogen-bond donors (Lipinski definition) is 2. The summed E-state index contributed by atoms with van der Waals surface area (Å²) in [7, 11) is 0. The molecule has 2 nitrogen and oxygen atoms in total. The van der Waals surface area contributed by atoms with Crippen molar-refractivity contribution in [1.82, 2.24) is 9.97 Å². The molecule has 96 valence electrons. The first-order valence-corrected chi connectivity index (χ1v) is 7.05. The molecule has 0 bridgehead atoms. The van der Waals surface area contributed by atoms with Crippen molar-refractivity contribution >= 4 is 22.6 Å². The van der Waals surface area contributed by atoms with E-state index >= 15 is 0 Å². The van der Waals surface area contributed by atoms with Gasteiger partial charge in [-0.05, 0) is 64.6 Å². The average Bonchev–Trinajstić information content (AvgIpc) is 3.07. The van der Waals surface area contributed by atoms with Gasteiger partial charge in [0.25, 0.3) is 0 Å². The number of nitrogens with one attached hydrogen (secondary N) is 2. The zero-order valence-electron chi connectivity index (χ0n) is 10.0. The van der Waals surface area contributed by atoms with E-state index in [0.29, 0.717) is 3.57 Å². The van der Waals surface area contributed by atoms with Crippen molar-refractivity contribution in [3.63, 3.8) is 0 Å². The van der Waals surface area contributed by atoms with Gasteiger partial charge in [0.1, 0.15) is 5.82 Å². The van der Waals surface area contributed by atoms with E-state index in [1.807, 2.05) is 71.4 Å². The number of hydrogen-bond acceptors (Lipinski definition) is 0. The Kier molecular flexibility index (Phi) is 3.42. The molecule has 3 aromatic rings. The Bertz CT molecular complexity index is 625.